The van der Waals surface area contributed by atoms with Crippen LogP contribution in [-0.2, 0) is 10.0 Å². The molecule has 5 nitrogen and oxygen atoms in total. The molecule has 0 radical (unpaired) electrons. The fraction of sp³-hybridized carbons (Fsp3) is 0.538. The lowest BCUT2D eigenvalue weighted by atomic mass is 10.2. The lowest BCUT2D eigenvalue weighted by Crippen LogP contribution is -2.19. The van der Waals surface area contributed by atoms with E-state index in [0.717, 1.165) is 18.8 Å². The molecule has 6 heteroatoms. The van der Waals surface area contributed by atoms with Crippen LogP contribution >= 0.6 is 0 Å². The van der Waals surface area contributed by atoms with E-state index in [4.69, 9.17) is 5.11 Å². The molecule has 0 atom stereocenters. The maximum Gasteiger partial charge on any atom is 0.232 e. The van der Waals surface area contributed by atoms with E-state index in [1.807, 2.05) is 12.1 Å². The Labute approximate surface area is 114 Å². The number of nitrogens with zero attached hydrogens (tertiary/aromatic N) is 1. The van der Waals surface area contributed by atoms with Crippen molar-refractivity contribution in [1.29, 1.82) is 0 Å². The fourth-order valence-electron chi connectivity index (χ4n) is 2.20. The predicted molar refractivity (Wildman–Crippen MR) is 77.0 cm³/mol. The number of rotatable bonds is 6. The van der Waals surface area contributed by atoms with Gasteiger partial charge in [0.15, 0.2) is 0 Å². The Kier molecular flexibility index (Phi) is 4.66. The van der Waals surface area contributed by atoms with E-state index in [-0.39, 0.29) is 18.8 Å². The van der Waals surface area contributed by atoms with Crippen LogP contribution in [0.25, 0.3) is 0 Å². The smallest absolute Gasteiger partial charge is 0.232 e. The zero-order chi connectivity index (χ0) is 13.7. The highest BCUT2D eigenvalue weighted by Gasteiger charge is 2.13. The molecule has 0 unspecified atom stereocenters. The van der Waals surface area contributed by atoms with E-state index < -0.39 is 10.0 Å². The molecule has 0 bridgehead atoms. The number of hydrogen-bond donors (Lipinski definition) is 2. The van der Waals surface area contributed by atoms with Crippen molar-refractivity contribution < 1.29 is 13.5 Å². The summed E-state index contributed by atoms with van der Waals surface area (Å²) < 4.78 is 25.8. The molecule has 0 saturated carbocycles. The predicted octanol–water partition coefficient (Wildman–Crippen LogP) is 1.41. The lowest BCUT2D eigenvalue weighted by Gasteiger charge is -2.18. The maximum absolute atomic E-state index is 11.7. The number of sulfonamides is 1. The van der Waals surface area contributed by atoms with Crippen LogP contribution in [0, 0.1) is 0 Å². The molecule has 1 saturated heterocycles. The second kappa shape index (κ2) is 6.25. The molecule has 2 rings (SSSR count). The first kappa shape index (κ1) is 14.1. The van der Waals surface area contributed by atoms with Crippen molar-refractivity contribution in [3.05, 3.63) is 24.3 Å². The first-order valence-electron chi connectivity index (χ1n) is 6.57. The van der Waals surface area contributed by atoms with Crippen LogP contribution in [0.4, 0.5) is 11.4 Å². The highest BCUT2D eigenvalue weighted by molar-refractivity contribution is 7.92. The maximum atomic E-state index is 11.7. The van der Waals surface area contributed by atoms with Crippen LogP contribution in [0.15, 0.2) is 24.3 Å². The quantitative estimate of drug-likeness (QED) is 0.828. The summed E-state index contributed by atoms with van der Waals surface area (Å²) in [5.74, 6) is -0.0582. The number of benzene rings is 1. The van der Waals surface area contributed by atoms with Crippen LogP contribution in [-0.4, -0.2) is 39.0 Å². The Morgan fingerprint density at radius 2 is 1.79 bits per heavy atom. The van der Waals surface area contributed by atoms with Gasteiger partial charge in [-0.05, 0) is 43.5 Å². The molecule has 1 aliphatic rings. The highest BCUT2D eigenvalue weighted by atomic mass is 32.2. The van der Waals surface area contributed by atoms with E-state index in [2.05, 4.69) is 9.62 Å². The number of nitrogens with one attached hydrogen (secondary N) is 1. The fourth-order valence-corrected chi connectivity index (χ4v) is 3.31. The second-order valence-electron chi connectivity index (χ2n) is 4.74. The van der Waals surface area contributed by atoms with E-state index in [9.17, 15) is 8.42 Å². The van der Waals surface area contributed by atoms with Gasteiger partial charge in [-0.1, -0.05) is 0 Å². The summed E-state index contributed by atoms with van der Waals surface area (Å²) in [4.78, 5) is 2.30. The van der Waals surface area contributed by atoms with Gasteiger partial charge in [0.1, 0.15) is 0 Å². The standard InChI is InChI=1S/C13H20N2O3S/c16-10-3-11-19(17,18)14-12-4-6-13(7-5-12)15-8-1-2-9-15/h4-7,14,16H,1-3,8-11H2. The number of anilines is 2. The number of aliphatic hydroxyl groups is 1. The molecule has 2 N–H and O–H groups in total. The van der Waals surface area contributed by atoms with Gasteiger partial charge in [0.05, 0.1) is 5.75 Å². The molecule has 1 aromatic carbocycles. The van der Waals surface area contributed by atoms with E-state index >= 15 is 0 Å². The summed E-state index contributed by atoms with van der Waals surface area (Å²) in [6.45, 7) is 2.03. The topological polar surface area (TPSA) is 69.6 Å². The van der Waals surface area contributed by atoms with Crippen molar-refractivity contribution in [1.82, 2.24) is 0 Å². The minimum atomic E-state index is -3.35. The average Bonchev–Trinajstić information content (AvgIpc) is 2.91. The largest absolute Gasteiger partial charge is 0.396 e. The Morgan fingerprint density at radius 3 is 2.37 bits per heavy atom. The van der Waals surface area contributed by atoms with Crippen LogP contribution in [0.2, 0.25) is 0 Å². The molecule has 1 heterocycles. The summed E-state index contributed by atoms with van der Waals surface area (Å²) in [5, 5.41) is 8.66. The molecule has 0 amide bonds. The summed E-state index contributed by atoms with van der Waals surface area (Å²) in [5.41, 5.74) is 1.71. The Hall–Kier alpha value is -1.27. The molecule has 1 aliphatic heterocycles. The highest BCUT2D eigenvalue weighted by Crippen LogP contribution is 2.22. The second-order valence-corrected chi connectivity index (χ2v) is 6.58. The van der Waals surface area contributed by atoms with Crippen molar-refractivity contribution in [2.45, 2.75) is 19.3 Å². The third-order valence-corrected chi connectivity index (χ3v) is 4.56. The van der Waals surface area contributed by atoms with Gasteiger partial charge in [-0.25, -0.2) is 8.42 Å². The van der Waals surface area contributed by atoms with Gasteiger partial charge in [0, 0.05) is 31.1 Å². The van der Waals surface area contributed by atoms with Crippen molar-refractivity contribution >= 4 is 21.4 Å². The summed E-state index contributed by atoms with van der Waals surface area (Å²) in [7, 11) is -3.35. The molecule has 0 aliphatic carbocycles. The van der Waals surface area contributed by atoms with Gasteiger partial charge in [0.2, 0.25) is 10.0 Å². The van der Waals surface area contributed by atoms with Crippen LogP contribution in [0.1, 0.15) is 19.3 Å². The normalized spacial score (nSPS) is 15.7. The number of aliphatic hydroxyl groups excluding tert-OH is 1. The summed E-state index contributed by atoms with van der Waals surface area (Å²) >= 11 is 0. The first-order chi connectivity index (χ1) is 9.11. The Bertz CT molecular complexity index is 493. The van der Waals surface area contributed by atoms with Crippen LogP contribution in [0.3, 0.4) is 0 Å². The minimum Gasteiger partial charge on any atom is -0.396 e. The minimum absolute atomic E-state index is 0.0582. The third kappa shape index (κ3) is 4.11. The monoisotopic (exact) mass is 284 g/mol. The SMILES string of the molecule is O=S(=O)(CCCO)Nc1ccc(N2CCCC2)cc1. The molecular formula is C13H20N2O3S. The van der Waals surface area contributed by atoms with E-state index in [0.29, 0.717) is 5.69 Å². The zero-order valence-electron chi connectivity index (χ0n) is 10.9. The van der Waals surface area contributed by atoms with Gasteiger partial charge in [-0.3, -0.25) is 4.72 Å². The van der Waals surface area contributed by atoms with Crippen LogP contribution < -0.4 is 9.62 Å². The first-order valence-corrected chi connectivity index (χ1v) is 8.22. The molecular weight excluding hydrogens is 264 g/mol. The average molecular weight is 284 g/mol. The third-order valence-electron chi connectivity index (χ3n) is 3.18. The van der Waals surface area contributed by atoms with Crippen molar-refractivity contribution in [2.24, 2.45) is 0 Å². The van der Waals surface area contributed by atoms with Crippen molar-refractivity contribution in [3.8, 4) is 0 Å². The van der Waals surface area contributed by atoms with Crippen molar-refractivity contribution in [3.63, 3.8) is 0 Å². The molecule has 106 valence electrons. The summed E-state index contributed by atoms with van der Waals surface area (Å²) in [6.07, 6.45) is 2.69. The lowest BCUT2D eigenvalue weighted by molar-refractivity contribution is 0.295. The number of hydrogen-bond acceptors (Lipinski definition) is 4. The molecule has 1 fully saturated rings. The molecule has 19 heavy (non-hydrogen) atoms. The Balaban J connectivity index is 1.98. The van der Waals surface area contributed by atoms with Gasteiger partial charge in [0.25, 0.3) is 0 Å². The molecule has 0 aromatic heterocycles. The van der Waals surface area contributed by atoms with Gasteiger partial charge in [-0.2, -0.15) is 0 Å². The van der Waals surface area contributed by atoms with Gasteiger partial charge >= 0.3 is 0 Å². The van der Waals surface area contributed by atoms with Crippen molar-refractivity contribution in [2.75, 3.05) is 35.1 Å². The molecule has 0 spiro atoms. The zero-order valence-corrected chi connectivity index (χ0v) is 11.7. The Morgan fingerprint density at radius 1 is 1.16 bits per heavy atom. The van der Waals surface area contributed by atoms with Gasteiger partial charge in [-0.15, -0.1) is 0 Å². The summed E-state index contributed by atoms with van der Waals surface area (Å²) in [6, 6.07) is 7.44. The van der Waals surface area contributed by atoms with Gasteiger partial charge < -0.3 is 10.0 Å². The van der Waals surface area contributed by atoms with Crippen LogP contribution in [0.5, 0.6) is 0 Å². The van der Waals surface area contributed by atoms with E-state index in [1.165, 1.54) is 12.8 Å². The van der Waals surface area contributed by atoms with E-state index in [1.54, 1.807) is 12.1 Å². The molecule has 1 aromatic rings.